The number of carbonyl (C=O) groups is 2. The minimum atomic E-state index is -1.11. The predicted octanol–water partition coefficient (Wildman–Crippen LogP) is 2.90. The van der Waals surface area contributed by atoms with Crippen LogP contribution in [0.15, 0.2) is 54.2 Å². The van der Waals surface area contributed by atoms with Gasteiger partial charge in [-0.15, -0.1) is 0 Å². The van der Waals surface area contributed by atoms with Gasteiger partial charge in [0.25, 0.3) is 0 Å². The van der Waals surface area contributed by atoms with Gasteiger partial charge in [-0.3, -0.25) is 9.80 Å². The maximum atomic E-state index is 11.7. The molecule has 0 spiro atoms. The number of carboxylic acids is 2. The number of thioether (sulfide) groups is 1. The highest BCUT2D eigenvalue weighted by molar-refractivity contribution is 8.03. The second kappa shape index (κ2) is 26.7. The number of nitriles is 1. The lowest BCUT2D eigenvalue weighted by molar-refractivity contribution is -0.132. The molecule has 1 saturated heterocycles. The predicted molar refractivity (Wildman–Crippen MR) is 185 cm³/mol. The molecule has 0 radical (unpaired) electrons. The van der Waals surface area contributed by atoms with Gasteiger partial charge in [0.15, 0.2) is 0 Å². The Kier molecular flexibility index (Phi) is 22.9. The summed E-state index contributed by atoms with van der Waals surface area (Å²) in [5.74, 6) is -1.58. The number of thiocyanates is 1. The summed E-state index contributed by atoms with van der Waals surface area (Å²) < 4.78 is 35.0. The first-order valence-electron chi connectivity index (χ1n) is 16.2. The molecule has 0 saturated carbocycles. The number of hydrogen-bond donors (Lipinski definition) is 2. The van der Waals surface area contributed by atoms with Crippen LogP contribution in [0.3, 0.4) is 0 Å². The molecule has 49 heavy (non-hydrogen) atoms. The zero-order valence-electron chi connectivity index (χ0n) is 28.3. The number of pyridine rings is 1. The Balaban J connectivity index is 1.98. The topological polar surface area (TPSA) is 173 Å². The van der Waals surface area contributed by atoms with E-state index in [4.69, 9.17) is 38.8 Å². The van der Waals surface area contributed by atoms with Crippen LogP contribution in [0, 0.1) is 10.7 Å². The van der Waals surface area contributed by atoms with Gasteiger partial charge in [-0.2, -0.15) is 5.26 Å². The molecule has 1 aliphatic rings. The molecule has 1 aliphatic heterocycles. The minimum absolute atomic E-state index is 0.0251. The highest BCUT2D eigenvalue weighted by atomic mass is 32.2. The zero-order valence-corrected chi connectivity index (χ0v) is 29.2. The summed E-state index contributed by atoms with van der Waals surface area (Å²) in [6, 6.07) is 4.56. The fourth-order valence-electron chi connectivity index (χ4n) is 4.59. The average Bonchev–Trinajstić information content (AvgIpc) is 3.08. The van der Waals surface area contributed by atoms with Crippen molar-refractivity contribution in [3.63, 3.8) is 0 Å². The van der Waals surface area contributed by atoms with E-state index in [1.54, 1.807) is 18.2 Å². The number of aromatic carboxylic acids is 1. The average molecular weight is 707 g/mol. The van der Waals surface area contributed by atoms with Crippen LogP contribution in [-0.2, 0) is 33.2 Å². The molecule has 2 rings (SSSR count). The van der Waals surface area contributed by atoms with E-state index in [1.807, 2.05) is 18.4 Å². The van der Waals surface area contributed by atoms with Crippen LogP contribution in [0.5, 0.6) is 0 Å². The van der Waals surface area contributed by atoms with E-state index in [1.165, 1.54) is 12.1 Å². The van der Waals surface area contributed by atoms with Gasteiger partial charge in [0.2, 0.25) is 0 Å². The standard InChI is InChI=1S/C34H50N4O10S/c1-28(5-3-6-29(2)33(39)40)25-37-9-13-43-17-19-45-15-11-38(12-16-46-20-18-44-14-10-37)32(26-48-22-21-47-23-24-49-27-35)30-7-4-8-31(36-30)34(41)42/h3-8,32H,2,9-26H2,1H3,(H,39,40)(H,41,42)/b6-3-,28-5+. The summed E-state index contributed by atoms with van der Waals surface area (Å²) in [5.41, 5.74) is 1.60. The third-order valence-corrected chi connectivity index (χ3v) is 7.63. The van der Waals surface area contributed by atoms with Crippen molar-refractivity contribution in [3.8, 4) is 5.40 Å². The summed E-state index contributed by atoms with van der Waals surface area (Å²) in [6.45, 7) is 13.4. The summed E-state index contributed by atoms with van der Waals surface area (Å²) >= 11 is 1.13. The van der Waals surface area contributed by atoms with Gasteiger partial charge < -0.3 is 38.6 Å². The van der Waals surface area contributed by atoms with Crippen LogP contribution in [-0.4, -0.2) is 155 Å². The molecule has 2 heterocycles. The number of carboxylic acid groups (broad SMARTS) is 2. The van der Waals surface area contributed by atoms with Crippen molar-refractivity contribution < 1.29 is 48.2 Å². The van der Waals surface area contributed by atoms with Crippen LogP contribution in [0.2, 0.25) is 0 Å². The van der Waals surface area contributed by atoms with Gasteiger partial charge in [-0.1, -0.05) is 30.4 Å². The van der Waals surface area contributed by atoms with Crippen LogP contribution < -0.4 is 0 Å². The van der Waals surface area contributed by atoms with Crippen molar-refractivity contribution in [1.29, 1.82) is 5.26 Å². The summed E-state index contributed by atoms with van der Waals surface area (Å²) in [4.78, 5) is 31.4. The fourth-order valence-corrected chi connectivity index (χ4v) is 4.88. The minimum Gasteiger partial charge on any atom is -0.478 e. The number of aromatic nitrogens is 1. The van der Waals surface area contributed by atoms with E-state index in [-0.39, 0.29) is 23.9 Å². The van der Waals surface area contributed by atoms with Crippen LogP contribution >= 0.6 is 11.8 Å². The van der Waals surface area contributed by atoms with Gasteiger partial charge in [-0.25, -0.2) is 14.6 Å². The van der Waals surface area contributed by atoms with Crippen molar-refractivity contribution in [2.24, 2.45) is 0 Å². The SMILES string of the molecule is C=C(/C=C\C=C(/C)CN1CCOCCOCCN(C(COCCOCCSC#N)c2cccc(C(=O)O)n2)CCOCCOCC1)C(=O)O. The molecule has 272 valence electrons. The first-order valence-corrected chi connectivity index (χ1v) is 17.2. The summed E-state index contributed by atoms with van der Waals surface area (Å²) in [5, 5.41) is 29.2. The van der Waals surface area contributed by atoms with Crippen LogP contribution in [0.25, 0.3) is 0 Å². The molecular formula is C34H50N4O10S. The number of nitrogens with zero attached hydrogens (tertiary/aromatic N) is 4. The van der Waals surface area contributed by atoms with Gasteiger partial charge in [0.05, 0.1) is 96.6 Å². The molecule has 0 amide bonds. The number of rotatable bonds is 16. The molecule has 1 aromatic rings. The highest BCUT2D eigenvalue weighted by Gasteiger charge is 2.23. The Labute approximate surface area is 293 Å². The second-order valence-electron chi connectivity index (χ2n) is 10.9. The lowest BCUT2D eigenvalue weighted by atomic mass is 10.1. The van der Waals surface area contributed by atoms with E-state index in [2.05, 4.69) is 21.4 Å². The second-order valence-corrected chi connectivity index (χ2v) is 11.7. The molecule has 0 aliphatic carbocycles. The molecule has 0 aromatic carbocycles. The molecule has 15 heteroatoms. The van der Waals surface area contributed by atoms with Gasteiger partial charge >= 0.3 is 11.9 Å². The first-order chi connectivity index (χ1) is 23.8. The quantitative estimate of drug-likeness (QED) is 0.111. The van der Waals surface area contributed by atoms with Gasteiger partial charge in [0, 0.05) is 38.5 Å². The van der Waals surface area contributed by atoms with E-state index >= 15 is 0 Å². The third kappa shape index (κ3) is 19.6. The summed E-state index contributed by atoms with van der Waals surface area (Å²) in [7, 11) is 0. The number of hydrogen-bond acceptors (Lipinski definition) is 13. The first kappa shape index (κ1) is 42.0. The highest BCUT2D eigenvalue weighted by Crippen LogP contribution is 2.20. The van der Waals surface area contributed by atoms with Crippen molar-refractivity contribution in [2.45, 2.75) is 13.0 Å². The summed E-state index contributed by atoms with van der Waals surface area (Å²) in [6.07, 6.45) is 5.03. The maximum absolute atomic E-state index is 11.7. The molecule has 2 N–H and O–H groups in total. The number of aliphatic carboxylic acids is 1. The molecule has 0 bridgehead atoms. The Hall–Kier alpha value is -3.17. The van der Waals surface area contributed by atoms with Crippen LogP contribution in [0.4, 0.5) is 0 Å². The normalized spacial score (nSPS) is 17.9. The number of ether oxygens (including phenoxy) is 6. The van der Waals surface area contributed by atoms with Crippen molar-refractivity contribution in [3.05, 3.63) is 65.5 Å². The van der Waals surface area contributed by atoms with E-state index < -0.39 is 11.9 Å². The fraction of sp³-hybridized carbons (Fsp3) is 0.588. The Morgan fingerprint density at radius 2 is 1.59 bits per heavy atom. The molecule has 1 atom stereocenters. The van der Waals surface area contributed by atoms with Crippen molar-refractivity contribution in [1.82, 2.24) is 14.8 Å². The van der Waals surface area contributed by atoms with Crippen molar-refractivity contribution in [2.75, 3.05) is 118 Å². The molecule has 1 unspecified atom stereocenters. The van der Waals surface area contributed by atoms with Crippen molar-refractivity contribution >= 4 is 23.7 Å². The molecule has 1 aromatic heterocycles. The largest absolute Gasteiger partial charge is 0.478 e. The lowest BCUT2D eigenvalue weighted by Crippen LogP contribution is -2.38. The molecule has 1 fully saturated rings. The van der Waals surface area contributed by atoms with E-state index in [0.717, 1.165) is 17.3 Å². The smallest absolute Gasteiger partial charge is 0.354 e. The third-order valence-electron chi connectivity index (χ3n) is 7.13. The lowest BCUT2D eigenvalue weighted by Gasteiger charge is -2.31. The van der Waals surface area contributed by atoms with Gasteiger partial charge in [0.1, 0.15) is 11.1 Å². The van der Waals surface area contributed by atoms with Gasteiger partial charge in [-0.05, 0) is 36.9 Å². The Bertz CT molecular complexity index is 1210. The molecule has 14 nitrogen and oxygen atoms in total. The van der Waals surface area contributed by atoms with Crippen LogP contribution in [0.1, 0.15) is 29.1 Å². The number of allylic oxidation sites excluding steroid dienone is 2. The Morgan fingerprint density at radius 1 is 0.980 bits per heavy atom. The zero-order chi connectivity index (χ0) is 35.5. The van der Waals surface area contributed by atoms with E-state index in [9.17, 15) is 14.7 Å². The Morgan fingerprint density at radius 3 is 2.18 bits per heavy atom. The monoisotopic (exact) mass is 706 g/mol. The maximum Gasteiger partial charge on any atom is 0.354 e. The van der Waals surface area contributed by atoms with E-state index in [0.29, 0.717) is 117 Å². The molecular weight excluding hydrogens is 656 g/mol.